The zero-order chi connectivity index (χ0) is 15.4. The van der Waals surface area contributed by atoms with Gasteiger partial charge in [0, 0.05) is 11.6 Å². The highest BCUT2D eigenvalue weighted by Gasteiger charge is 2.15. The summed E-state index contributed by atoms with van der Waals surface area (Å²) in [4.78, 5) is 10.0. The molecule has 0 saturated carbocycles. The number of hydrogen-bond donors (Lipinski definition) is 0. The fourth-order valence-electron chi connectivity index (χ4n) is 1.80. The van der Waals surface area contributed by atoms with Crippen LogP contribution in [0.5, 0.6) is 0 Å². The Morgan fingerprint density at radius 1 is 1.19 bits per heavy atom. The number of nitro benzene ring substituents is 1. The van der Waals surface area contributed by atoms with E-state index in [9.17, 15) is 19.8 Å². The Hall–Kier alpha value is -2.71. The molecule has 0 unspecified atom stereocenters. The monoisotopic (exact) mass is 302 g/mol. The van der Waals surface area contributed by atoms with Gasteiger partial charge < -0.3 is 0 Å². The van der Waals surface area contributed by atoms with Gasteiger partial charge in [0.05, 0.1) is 21.6 Å². The molecule has 104 valence electrons. The van der Waals surface area contributed by atoms with E-state index >= 15 is 0 Å². The van der Waals surface area contributed by atoms with Gasteiger partial charge in [0.1, 0.15) is 11.9 Å². The van der Waals surface area contributed by atoms with Crippen LogP contribution in [0.2, 0.25) is 0 Å². The van der Waals surface area contributed by atoms with Gasteiger partial charge in [-0.05, 0) is 11.6 Å². The number of allylic oxidation sites excluding steroid dienone is 1. The highest BCUT2D eigenvalue weighted by molar-refractivity contribution is 6.53. The number of halogens is 2. The van der Waals surface area contributed by atoms with Crippen LogP contribution >= 0.6 is 11.6 Å². The summed E-state index contributed by atoms with van der Waals surface area (Å²) in [6.45, 7) is 0. The van der Waals surface area contributed by atoms with Crippen LogP contribution in [0.3, 0.4) is 0 Å². The molecule has 0 fully saturated rings. The van der Waals surface area contributed by atoms with Crippen LogP contribution in [0, 0.1) is 27.3 Å². The fourth-order valence-corrected chi connectivity index (χ4v) is 2.06. The Labute approximate surface area is 124 Å². The minimum Gasteiger partial charge on any atom is -0.258 e. The van der Waals surface area contributed by atoms with Gasteiger partial charge >= 0.3 is 0 Å². The molecule has 0 N–H and O–H groups in total. The molecular formula is C15H8ClFN2O2. The second-order valence-corrected chi connectivity index (χ2v) is 4.50. The smallest absolute Gasteiger partial charge is 0.258 e. The molecule has 0 amide bonds. The van der Waals surface area contributed by atoms with Crippen molar-refractivity contribution in [2.45, 2.75) is 0 Å². The topological polar surface area (TPSA) is 66.9 Å². The van der Waals surface area contributed by atoms with E-state index in [4.69, 9.17) is 11.6 Å². The molecule has 0 aliphatic heterocycles. The molecular weight excluding hydrogens is 295 g/mol. The normalized spacial score (nSPS) is 11.5. The van der Waals surface area contributed by atoms with Gasteiger partial charge in [0.25, 0.3) is 5.69 Å². The summed E-state index contributed by atoms with van der Waals surface area (Å²) in [6, 6.07) is 13.5. The molecule has 0 radical (unpaired) electrons. The molecule has 0 spiro atoms. The quantitative estimate of drug-likeness (QED) is 0.366. The first-order valence-electron chi connectivity index (χ1n) is 5.83. The molecule has 0 aliphatic carbocycles. The predicted molar refractivity (Wildman–Crippen MR) is 77.8 cm³/mol. The molecule has 0 heterocycles. The van der Waals surface area contributed by atoms with Gasteiger partial charge in [-0.15, -0.1) is 0 Å². The van der Waals surface area contributed by atoms with E-state index < -0.39 is 16.4 Å². The molecule has 0 aromatic heterocycles. The highest BCUT2D eigenvalue weighted by atomic mass is 35.5. The average molecular weight is 303 g/mol. The Kier molecular flexibility index (Phi) is 4.31. The molecule has 0 aliphatic rings. The molecule has 21 heavy (non-hydrogen) atoms. The van der Waals surface area contributed by atoms with Crippen LogP contribution in [0.1, 0.15) is 11.1 Å². The number of non-ortho nitro benzene ring substituents is 1. The largest absolute Gasteiger partial charge is 0.273 e. The van der Waals surface area contributed by atoms with Crippen LogP contribution in [-0.2, 0) is 0 Å². The van der Waals surface area contributed by atoms with Crippen molar-refractivity contribution in [2.24, 2.45) is 0 Å². The third-order valence-corrected chi connectivity index (χ3v) is 3.15. The van der Waals surface area contributed by atoms with Crippen LogP contribution in [0.4, 0.5) is 10.1 Å². The van der Waals surface area contributed by atoms with Crippen molar-refractivity contribution in [2.75, 3.05) is 0 Å². The molecule has 6 heteroatoms. The van der Waals surface area contributed by atoms with Crippen LogP contribution in [-0.4, -0.2) is 4.92 Å². The maximum atomic E-state index is 13.4. The third-order valence-electron chi connectivity index (χ3n) is 2.74. The highest BCUT2D eigenvalue weighted by Crippen LogP contribution is 2.31. The van der Waals surface area contributed by atoms with Crippen molar-refractivity contribution < 1.29 is 9.31 Å². The summed E-state index contributed by atoms with van der Waals surface area (Å²) >= 11 is 6.12. The van der Waals surface area contributed by atoms with Crippen molar-refractivity contribution in [1.29, 1.82) is 5.26 Å². The second kappa shape index (κ2) is 6.16. The maximum Gasteiger partial charge on any atom is 0.273 e. The molecule has 0 bridgehead atoms. The molecule has 2 aromatic rings. The number of benzene rings is 2. The number of nitrogens with zero attached hydrogens (tertiary/aromatic N) is 2. The minimum absolute atomic E-state index is 0.0358. The molecule has 0 atom stereocenters. The summed E-state index contributed by atoms with van der Waals surface area (Å²) in [6.07, 6.45) is 0. The lowest BCUT2D eigenvalue weighted by Gasteiger charge is -2.05. The van der Waals surface area contributed by atoms with E-state index in [1.807, 2.05) is 6.07 Å². The van der Waals surface area contributed by atoms with E-state index in [1.165, 1.54) is 0 Å². The standard InChI is InChI=1S/C15H8ClFN2O2/c16-15(14(9-18)10-4-2-1-3-5-10)11-6-12(17)8-13(7-11)19(20)21/h1-8H/b15-14+. The van der Waals surface area contributed by atoms with Gasteiger partial charge in [0.15, 0.2) is 0 Å². The Bertz CT molecular complexity index is 767. The first-order valence-corrected chi connectivity index (χ1v) is 6.21. The predicted octanol–water partition coefficient (Wildman–Crippen LogP) is 4.36. The molecule has 2 rings (SSSR count). The zero-order valence-electron chi connectivity index (χ0n) is 10.6. The number of nitriles is 1. The maximum absolute atomic E-state index is 13.4. The number of rotatable bonds is 3. The van der Waals surface area contributed by atoms with Gasteiger partial charge in [-0.25, -0.2) is 4.39 Å². The van der Waals surface area contributed by atoms with E-state index in [0.717, 1.165) is 18.2 Å². The Morgan fingerprint density at radius 3 is 2.43 bits per heavy atom. The number of nitro groups is 1. The van der Waals surface area contributed by atoms with E-state index in [1.54, 1.807) is 30.3 Å². The van der Waals surface area contributed by atoms with Crippen LogP contribution < -0.4 is 0 Å². The van der Waals surface area contributed by atoms with Crippen LogP contribution in [0.15, 0.2) is 48.5 Å². The molecule has 0 saturated heterocycles. The lowest BCUT2D eigenvalue weighted by Crippen LogP contribution is -1.93. The molecule has 4 nitrogen and oxygen atoms in total. The van der Waals surface area contributed by atoms with Crippen molar-refractivity contribution in [1.82, 2.24) is 0 Å². The summed E-state index contributed by atoms with van der Waals surface area (Å²) in [5.41, 5.74) is 0.339. The van der Waals surface area contributed by atoms with Crippen molar-refractivity contribution >= 4 is 27.9 Å². The van der Waals surface area contributed by atoms with E-state index in [2.05, 4.69) is 0 Å². The van der Waals surface area contributed by atoms with E-state index in [-0.39, 0.29) is 16.2 Å². The fraction of sp³-hybridized carbons (Fsp3) is 0. The average Bonchev–Trinajstić information content (AvgIpc) is 2.48. The first-order chi connectivity index (χ1) is 10.0. The van der Waals surface area contributed by atoms with Crippen molar-refractivity contribution in [3.05, 3.63) is 75.6 Å². The lowest BCUT2D eigenvalue weighted by atomic mass is 10.0. The van der Waals surface area contributed by atoms with Gasteiger partial charge in [-0.2, -0.15) is 5.26 Å². The Morgan fingerprint density at radius 2 is 1.86 bits per heavy atom. The molecule has 2 aromatic carbocycles. The van der Waals surface area contributed by atoms with Crippen LogP contribution in [0.25, 0.3) is 10.6 Å². The SMILES string of the molecule is N#C/C(=C(\Cl)c1cc(F)cc([N+](=O)[O-])c1)c1ccccc1. The summed E-state index contributed by atoms with van der Waals surface area (Å²) in [7, 11) is 0. The first kappa shape index (κ1) is 14.7. The van der Waals surface area contributed by atoms with Gasteiger partial charge in [0.2, 0.25) is 0 Å². The number of hydrogen-bond acceptors (Lipinski definition) is 3. The van der Waals surface area contributed by atoms with Crippen molar-refractivity contribution in [3.8, 4) is 6.07 Å². The Balaban J connectivity index is 2.61. The minimum atomic E-state index is -0.789. The summed E-state index contributed by atoms with van der Waals surface area (Å²) in [5.74, 6) is -0.789. The van der Waals surface area contributed by atoms with Crippen molar-refractivity contribution in [3.63, 3.8) is 0 Å². The summed E-state index contributed by atoms with van der Waals surface area (Å²) < 4.78 is 13.4. The van der Waals surface area contributed by atoms with E-state index in [0.29, 0.717) is 5.56 Å². The zero-order valence-corrected chi connectivity index (χ0v) is 11.3. The third kappa shape index (κ3) is 3.25. The summed E-state index contributed by atoms with van der Waals surface area (Å²) in [5, 5.41) is 20.0. The lowest BCUT2D eigenvalue weighted by molar-refractivity contribution is -0.385. The van der Waals surface area contributed by atoms with Gasteiger partial charge in [-0.3, -0.25) is 10.1 Å². The van der Waals surface area contributed by atoms with Gasteiger partial charge in [-0.1, -0.05) is 41.9 Å². The second-order valence-electron chi connectivity index (χ2n) is 4.12.